The van der Waals surface area contributed by atoms with Gasteiger partial charge in [0.25, 0.3) is 0 Å². The summed E-state index contributed by atoms with van der Waals surface area (Å²) in [6.45, 7) is 2.01. The van der Waals surface area contributed by atoms with Gasteiger partial charge in [-0.2, -0.15) is 0 Å². The molecular formula is C10H9BrClN3O. The molecule has 1 heterocycles. The fourth-order valence-corrected chi connectivity index (χ4v) is 1.69. The predicted molar refractivity (Wildman–Crippen MR) is 66.0 cm³/mol. The Bertz CT molecular complexity index is 501. The minimum absolute atomic E-state index is 0.212. The zero-order valence-electron chi connectivity index (χ0n) is 8.50. The first-order chi connectivity index (χ1) is 7.70. The van der Waals surface area contributed by atoms with E-state index >= 15 is 0 Å². The van der Waals surface area contributed by atoms with Crippen molar-refractivity contribution in [3.63, 3.8) is 0 Å². The van der Waals surface area contributed by atoms with E-state index in [0.717, 1.165) is 15.7 Å². The molecule has 0 saturated heterocycles. The van der Waals surface area contributed by atoms with Gasteiger partial charge in [-0.1, -0.05) is 17.2 Å². The van der Waals surface area contributed by atoms with Crippen molar-refractivity contribution < 1.29 is 4.42 Å². The number of nitrogens with zero attached hydrogens (tertiary/aromatic N) is 2. The van der Waals surface area contributed by atoms with E-state index in [0.29, 0.717) is 11.9 Å². The molecule has 0 radical (unpaired) electrons. The van der Waals surface area contributed by atoms with Gasteiger partial charge >= 0.3 is 6.01 Å². The number of aryl methyl sites for hydroxylation is 1. The number of anilines is 2. The van der Waals surface area contributed by atoms with Crippen molar-refractivity contribution in [3.8, 4) is 0 Å². The van der Waals surface area contributed by atoms with Crippen molar-refractivity contribution >= 4 is 39.2 Å². The van der Waals surface area contributed by atoms with Crippen molar-refractivity contribution in [2.45, 2.75) is 12.8 Å². The lowest BCUT2D eigenvalue weighted by Gasteiger charge is -2.05. The number of rotatable bonds is 3. The SMILES string of the molecule is Cc1cccc(Nc2nnc(CCl)o2)c1Br. The molecule has 1 aromatic carbocycles. The Kier molecular flexibility index (Phi) is 3.46. The second-order valence-corrected chi connectivity index (χ2v) is 4.26. The summed E-state index contributed by atoms with van der Waals surface area (Å²) < 4.78 is 6.22. The zero-order chi connectivity index (χ0) is 11.5. The Morgan fingerprint density at radius 1 is 1.44 bits per heavy atom. The average molecular weight is 303 g/mol. The summed E-state index contributed by atoms with van der Waals surface area (Å²) in [5.74, 6) is 0.608. The molecule has 84 valence electrons. The summed E-state index contributed by atoms with van der Waals surface area (Å²) in [4.78, 5) is 0. The van der Waals surface area contributed by atoms with Crippen LogP contribution in [0.4, 0.5) is 11.7 Å². The highest BCUT2D eigenvalue weighted by atomic mass is 79.9. The van der Waals surface area contributed by atoms with Gasteiger partial charge in [-0.05, 0) is 34.5 Å². The van der Waals surface area contributed by atoms with E-state index in [1.54, 1.807) is 0 Å². The monoisotopic (exact) mass is 301 g/mol. The number of hydrogen-bond donors (Lipinski definition) is 1. The van der Waals surface area contributed by atoms with Gasteiger partial charge in [0.05, 0.1) is 5.69 Å². The van der Waals surface area contributed by atoms with Crippen LogP contribution in [0.3, 0.4) is 0 Å². The molecule has 0 bridgehead atoms. The fourth-order valence-electron chi connectivity index (χ4n) is 1.22. The van der Waals surface area contributed by atoms with Gasteiger partial charge in [0.15, 0.2) is 0 Å². The molecule has 0 aliphatic carbocycles. The van der Waals surface area contributed by atoms with Crippen LogP contribution in [0.2, 0.25) is 0 Å². The fraction of sp³-hybridized carbons (Fsp3) is 0.200. The van der Waals surface area contributed by atoms with Crippen LogP contribution in [0.15, 0.2) is 27.1 Å². The number of halogens is 2. The Labute approximate surface area is 106 Å². The zero-order valence-corrected chi connectivity index (χ0v) is 10.8. The van der Waals surface area contributed by atoms with E-state index in [9.17, 15) is 0 Å². The Balaban J connectivity index is 2.23. The summed E-state index contributed by atoms with van der Waals surface area (Å²) >= 11 is 9.05. The number of alkyl halides is 1. The minimum atomic E-state index is 0.212. The molecule has 0 saturated carbocycles. The van der Waals surface area contributed by atoms with E-state index in [-0.39, 0.29) is 5.88 Å². The molecule has 0 unspecified atom stereocenters. The van der Waals surface area contributed by atoms with Crippen LogP contribution in [0.1, 0.15) is 11.5 Å². The molecule has 6 heteroatoms. The maximum absolute atomic E-state index is 5.57. The van der Waals surface area contributed by atoms with Gasteiger partial charge in [-0.15, -0.1) is 16.7 Å². The van der Waals surface area contributed by atoms with Gasteiger partial charge in [0.1, 0.15) is 5.88 Å². The second-order valence-electron chi connectivity index (χ2n) is 3.20. The Morgan fingerprint density at radius 2 is 2.25 bits per heavy atom. The van der Waals surface area contributed by atoms with Crippen LogP contribution >= 0.6 is 27.5 Å². The normalized spacial score (nSPS) is 10.4. The van der Waals surface area contributed by atoms with Crippen LogP contribution in [0.25, 0.3) is 0 Å². The Hall–Kier alpha value is -1.07. The van der Waals surface area contributed by atoms with Gasteiger partial charge in [-0.3, -0.25) is 0 Å². The third kappa shape index (κ3) is 2.36. The maximum Gasteiger partial charge on any atom is 0.320 e. The van der Waals surface area contributed by atoms with E-state index in [4.69, 9.17) is 16.0 Å². The van der Waals surface area contributed by atoms with Crippen molar-refractivity contribution in [1.29, 1.82) is 0 Å². The van der Waals surface area contributed by atoms with E-state index in [1.165, 1.54) is 0 Å². The van der Waals surface area contributed by atoms with Crippen molar-refractivity contribution in [3.05, 3.63) is 34.1 Å². The molecule has 2 aromatic rings. The molecule has 0 atom stereocenters. The smallest absolute Gasteiger partial charge is 0.320 e. The molecule has 1 N–H and O–H groups in total. The van der Waals surface area contributed by atoms with Gasteiger partial charge in [0.2, 0.25) is 5.89 Å². The molecule has 2 rings (SSSR count). The van der Waals surface area contributed by atoms with Crippen LogP contribution in [0.5, 0.6) is 0 Å². The van der Waals surface area contributed by atoms with Gasteiger partial charge < -0.3 is 9.73 Å². The first-order valence-electron chi connectivity index (χ1n) is 4.61. The lowest BCUT2D eigenvalue weighted by Crippen LogP contribution is -1.92. The topological polar surface area (TPSA) is 51.0 Å². The van der Waals surface area contributed by atoms with Crippen molar-refractivity contribution in [2.75, 3.05) is 5.32 Å². The minimum Gasteiger partial charge on any atom is -0.407 e. The van der Waals surface area contributed by atoms with E-state index in [1.807, 2.05) is 25.1 Å². The van der Waals surface area contributed by atoms with Crippen LogP contribution in [0, 0.1) is 6.92 Å². The standard InChI is InChI=1S/C10H9BrClN3O/c1-6-3-2-4-7(9(6)11)13-10-15-14-8(5-12)16-10/h2-4H,5H2,1H3,(H,13,15). The molecule has 4 nitrogen and oxygen atoms in total. The predicted octanol–water partition coefficient (Wildman–Crippen LogP) is 3.62. The summed E-state index contributed by atoms with van der Waals surface area (Å²) in [6, 6.07) is 6.21. The quantitative estimate of drug-likeness (QED) is 0.880. The molecule has 0 aliphatic rings. The largest absolute Gasteiger partial charge is 0.407 e. The summed E-state index contributed by atoms with van der Waals surface area (Å²) in [6.07, 6.45) is 0. The summed E-state index contributed by atoms with van der Waals surface area (Å²) in [5.41, 5.74) is 2.01. The summed E-state index contributed by atoms with van der Waals surface area (Å²) in [7, 11) is 0. The van der Waals surface area contributed by atoms with Crippen LogP contribution in [-0.4, -0.2) is 10.2 Å². The molecular weight excluding hydrogens is 293 g/mol. The third-order valence-electron chi connectivity index (χ3n) is 2.01. The molecule has 16 heavy (non-hydrogen) atoms. The highest BCUT2D eigenvalue weighted by Crippen LogP contribution is 2.28. The maximum atomic E-state index is 5.57. The average Bonchev–Trinajstić information content (AvgIpc) is 2.73. The molecule has 0 fully saturated rings. The first kappa shape index (κ1) is 11.4. The third-order valence-corrected chi connectivity index (χ3v) is 3.30. The molecule has 0 aliphatic heterocycles. The number of nitrogens with one attached hydrogen (secondary N) is 1. The van der Waals surface area contributed by atoms with Gasteiger partial charge in [-0.25, -0.2) is 0 Å². The highest BCUT2D eigenvalue weighted by molar-refractivity contribution is 9.10. The second kappa shape index (κ2) is 4.84. The van der Waals surface area contributed by atoms with E-state index in [2.05, 4.69) is 31.4 Å². The molecule has 1 aromatic heterocycles. The van der Waals surface area contributed by atoms with Crippen molar-refractivity contribution in [1.82, 2.24) is 10.2 Å². The van der Waals surface area contributed by atoms with E-state index < -0.39 is 0 Å². The molecule has 0 spiro atoms. The number of benzene rings is 1. The Morgan fingerprint density at radius 3 is 2.94 bits per heavy atom. The highest BCUT2D eigenvalue weighted by Gasteiger charge is 2.07. The van der Waals surface area contributed by atoms with Crippen LogP contribution in [-0.2, 0) is 5.88 Å². The summed E-state index contributed by atoms with van der Waals surface area (Å²) in [5, 5.41) is 10.6. The number of aromatic nitrogens is 2. The lowest BCUT2D eigenvalue weighted by molar-refractivity contribution is 0.530. The lowest BCUT2D eigenvalue weighted by atomic mass is 10.2. The van der Waals surface area contributed by atoms with Crippen LogP contribution < -0.4 is 5.32 Å². The first-order valence-corrected chi connectivity index (χ1v) is 5.94. The molecule has 0 amide bonds. The number of hydrogen-bond acceptors (Lipinski definition) is 4. The van der Waals surface area contributed by atoms with Crippen molar-refractivity contribution in [2.24, 2.45) is 0 Å². The van der Waals surface area contributed by atoms with Gasteiger partial charge in [0, 0.05) is 4.47 Å².